The van der Waals surface area contributed by atoms with Crippen molar-refractivity contribution in [1.29, 1.82) is 0 Å². The van der Waals surface area contributed by atoms with Crippen molar-refractivity contribution >= 4 is 17.7 Å². The number of nitrogens with two attached hydrogens (primary N) is 1. The maximum atomic E-state index is 14.4. The zero-order chi connectivity index (χ0) is 48.1. The number of fused-ring (bicyclic) bond motifs is 7. The first kappa shape index (κ1) is 49.4. The molecule has 1 saturated heterocycles. The predicted molar refractivity (Wildman–Crippen MR) is 258 cm³/mol. The fraction of sp³-hybridized carbons (Fsp3) is 0.691. The number of guanidine groups is 1. The summed E-state index contributed by atoms with van der Waals surface area (Å²) in [5, 5.41) is 65.1. The zero-order valence-corrected chi connectivity index (χ0v) is 40.7. The third-order valence-corrected chi connectivity index (χ3v) is 18.6. The molecule has 9 N–H and O–H groups in total. The van der Waals surface area contributed by atoms with Gasteiger partial charge in [-0.1, -0.05) is 77.3 Å². The summed E-state index contributed by atoms with van der Waals surface area (Å²) in [6.07, 6.45) is 7.64. The van der Waals surface area contributed by atoms with Gasteiger partial charge in [-0.15, -0.1) is 5.92 Å². The molecule has 17 atom stereocenters. The highest BCUT2D eigenvalue weighted by atomic mass is 16.5. The number of aromatic nitrogens is 1. The Bertz CT molecular complexity index is 2200. The van der Waals surface area contributed by atoms with Gasteiger partial charge >= 0.3 is 5.97 Å². The lowest BCUT2D eigenvalue weighted by Gasteiger charge is -2.61. The SMILES string of the molecule is CC(C)CCC1CC(C2COC(=O)C2c2cc[nH]c2)C#CCC2CC3(O)C4=CC(=O)C5CC(O)C(O)CC5(C)C4CCC3(CCNC(N)=NCc3ccccc3)C2C(C)(O)C(O)CC(C)C1C. The van der Waals surface area contributed by atoms with Gasteiger partial charge in [0.15, 0.2) is 11.7 Å². The Hall–Kier alpha value is -3.99. The van der Waals surface area contributed by atoms with Gasteiger partial charge in [0.05, 0.1) is 48.6 Å². The van der Waals surface area contributed by atoms with Crippen LogP contribution in [0, 0.1) is 81.8 Å². The van der Waals surface area contributed by atoms with E-state index in [1.165, 1.54) is 0 Å². The molecule has 17 unspecified atom stereocenters. The molecular weight excluding hydrogens is 845 g/mol. The number of allylic oxidation sites excluding steroid dienone is 1. The third-order valence-electron chi connectivity index (χ3n) is 18.6. The Balaban J connectivity index is 1.22. The number of hydrogen-bond acceptors (Lipinski definition) is 9. The van der Waals surface area contributed by atoms with Gasteiger partial charge in [0, 0.05) is 54.4 Å². The van der Waals surface area contributed by atoms with Gasteiger partial charge in [-0.3, -0.25) is 9.59 Å². The Morgan fingerprint density at radius 2 is 1.78 bits per heavy atom. The van der Waals surface area contributed by atoms with E-state index in [2.05, 4.69) is 54.8 Å². The fourth-order valence-electron chi connectivity index (χ4n) is 14.8. The van der Waals surface area contributed by atoms with Gasteiger partial charge in [0.2, 0.25) is 0 Å². The van der Waals surface area contributed by atoms with Crippen LogP contribution in [0.3, 0.4) is 0 Å². The molecule has 6 aliphatic rings. The van der Waals surface area contributed by atoms with Crippen LogP contribution in [0.2, 0.25) is 0 Å². The van der Waals surface area contributed by atoms with E-state index in [-0.39, 0.29) is 79.1 Å². The minimum absolute atomic E-state index is 0.00582. The van der Waals surface area contributed by atoms with Gasteiger partial charge in [-0.2, -0.15) is 0 Å². The van der Waals surface area contributed by atoms with Crippen molar-refractivity contribution in [3.63, 3.8) is 0 Å². The highest BCUT2D eigenvalue weighted by Crippen LogP contribution is 2.71. The molecule has 12 nitrogen and oxygen atoms in total. The van der Waals surface area contributed by atoms with E-state index in [0.717, 1.165) is 30.4 Å². The molecule has 0 amide bonds. The van der Waals surface area contributed by atoms with Crippen LogP contribution in [0.1, 0.15) is 129 Å². The number of ether oxygens (including phenoxy) is 1. The van der Waals surface area contributed by atoms with Gasteiger partial charge < -0.3 is 46.3 Å². The summed E-state index contributed by atoms with van der Waals surface area (Å²) in [7, 11) is 0. The number of nitrogens with one attached hydrogen (secondary N) is 2. The molecule has 8 rings (SSSR count). The van der Waals surface area contributed by atoms with Crippen molar-refractivity contribution in [2.24, 2.45) is 80.7 Å². The lowest BCUT2D eigenvalue weighted by atomic mass is 9.44. The number of cyclic esters (lactones) is 1. The van der Waals surface area contributed by atoms with Crippen LogP contribution in [0.15, 0.2) is 65.4 Å². The average molecular weight is 923 g/mol. The molecule has 3 saturated carbocycles. The number of H-pyrrole nitrogens is 1. The fourth-order valence-corrected chi connectivity index (χ4v) is 14.8. The monoisotopic (exact) mass is 923 g/mol. The Morgan fingerprint density at radius 3 is 2.49 bits per heavy atom. The minimum atomic E-state index is -1.69. The number of hydrogen-bond donors (Lipinski definition) is 8. The summed E-state index contributed by atoms with van der Waals surface area (Å²) < 4.78 is 5.83. The molecule has 0 spiro atoms. The summed E-state index contributed by atoms with van der Waals surface area (Å²) >= 11 is 0. The normalized spacial score (nSPS) is 42.4. The number of aliphatic hydroxyl groups is 5. The lowest BCUT2D eigenvalue weighted by Crippen LogP contribution is -2.64. The number of benzene rings is 1. The van der Waals surface area contributed by atoms with Crippen LogP contribution in [0.4, 0.5) is 0 Å². The highest BCUT2D eigenvalue weighted by Gasteiger charge is 2.73. The third kappa shape index (κ3) is 9.17. The van der Waals surface area contributed by atoms with Gasteiger partial charge in [-0.25, -0.2) is 4.99 Å². The van der Waals surface area contributed by atoms with Crippen molar-refractivity contribution in [2.75, 3.05) is 13.2 Å². The number of aliphatic imine (C=N–C) groups is 1. The van der Waals surface area contributed by atoms with Crippen LogP contribution >= 0.6 is 0 Å². The zero-order valence-electron chi connectivity index (χ0n) is 40.7. The van der Waals surface area contributed by atoms with Crippen molar-refractivity contribution in [2.45, 2.75) is 154 Å². The number of aliphatic hydroxyl groups excluding tert-OH is 3. The van der Waals surface area contributed by atoms with Crippen molar-refractivity contribution in [1.82, 2.24) is 10.3 Å². The summed E-state index contributed by atoms with van der Waals surface area (Å²) in [5.41, 5.74) is 4.01. The number of carbonyl (C=O) groups is 2. The van der Waals surface area contributed by atoms with Gasteiger partial charge in [-0.05, 0) is 134 Å². The molecule has 5 aliphatic carbocycles. The average Bonchev–Trinajstić information content (AvgIpc) is 4.01. The molecule has 1 aromatic heterocycles. The van der Waals surface area contributed by atoms with Crippen LogP contribution in [-0.2, 0) is 20.9 Å². The van der Waals surface area contributed by atoms with E-state index in [4.69, 9.17) is 10.5 Å². The second kappa shape index (κ2) is 19.4. The molecule has 0 radical (unpaired) electrons. The molecule has 2 aromatic rings. The van der Waals surface area contributed by atoms with Crippen molar-refractivity contribution in [3.8, 4) is 11.8 Å². The second-order valence-electron chi connectivity index (χ2n) is 22.9. The Morgan fingerprint density at radius 1 is 1.01 bits per heavy atom. The number of esters is 1. The predicted octanol–water partition coefficient (Wildman–Crippen LogP) is 6.42. The number of aromatic amines is 1. The molecular formula is C55H78N4O8. The molecule has 4 fully saturated rings. The van der Waals surface area contributed by atoms with E-state index < -0.39 is 64.0 Å². The van der Waals surface area contributed by atoms with E-state index in [9.17, 15) is 35.1 Å². The topological polar surface area (TPSA) is 211 Å². The van der Waals surface area contributed by atoms with Crippen molar-refractivity contribution < 1.29 is 39.9 Å². The molecule has 366 valence electrons. The Labute approximate surface area is 398 Å². The van der Waals surface area contributed by atoms with E-state index in [0.29, 0.717) is 56.7 Å². The van der Waals surface area contributed by atoms with Gasteiger partial charge in [0.25, 0.3) is 0 Å². The standard InChI is InChI=1S/C55H78N4O8/c1-32(2)15-16-36-24-37(40-31-67-50(64)48(40)39-18-21-57-30-39)13-10-14-38-27-55(66)42-25-44(60)43-26-45(61)46(62)28-52(43,5)41(42)17-19-54(55,49(38)53(6,65)47(63)23-33(3)34(36)4)20-22-58-51(56)59-29-35-11-8-7-9-12-35/h7-9,11-12,18,21,25,30,32-34,36-38,40-41,43,45-49,57,61-63,65-66H,14-17,19-20,22-24,26-29,31H2,1-6H3,(H3,56,58,59). The van der Waals surface area contributed by atoms with E-state index in [1.807, 2.05) is 55.7 Å². The molecule has 0 bridgehead atoms. The summed E-state index contributed by atoms with van der Waals surface area (Å²) in [4.78, 5) is 35.6. The summed E-state index contributed by atoms with van der Waals surface area (Å²) in [6, 6.07) is 11.8. The number of ketones is 1. The largest absolute Gasteiger partial charge is 0.465 e. The second-order valence-corrected chi connectivity index (χ2v) is 22.9. The highest BCUT2D eigenvalue weighted by molar-refractivity contribution is 5.95. The van der Waals surface area contributed by atoms with Gasteiger partial charge in [0.1, 0.15) is 0 Å². The number of nitrogens with zero attached hydrogens (tertiary/aromatic N) is 1. The molecule has 12 heteroatoms. The lowest BCUT2D eigenvalue weighted by molar-refractivity contribution is -0.189. The van der Waals surface area contributed by atoms with Crippen LogP contribution in [0.5, 0.6) is 0 Å². The first-order valence-corrected chi connectivity index (χ1v) is 25.4. The summed E-state index contributed by atoms with van der Waals surface area (Å²) in [5.74, 6) is 5.48. The van der Waals surface area contributed by atoms with Crippen LogP contribution < -0.4 is 11.1 Å². The number of rotatable bonds is 10. The maximum Gasteiger partial charge on any atom is 0.313 e. The molecule has 2 heterocycles. The first-order valence-electron chi connectivity index (χ1n) is 25.4. The molecule has 1 aliphatic heterocycles. The first-order chi connectivity index (χ1) is 31.8. The van der Waals surface area contributed by atoms with Crippen LogP contribution in [0.25, 0.3) is 0 Å². The van der Waals surface area contributed by atoms with Crippen molar-refractivity contribution in [3.05, 3.63) is 71.6 Å². The molecule has 67 heavy (non-hydrogen) atoms. The van der Waals surface area contributed by atoms with E-state index in [1.54, 1.807) is 13.0 Å². The summed E-state index contributed by atoms with van der Waals surface area (Å²) in [6.45, 7) is 13.7. The smallest absolute Gasteiger partial charge is 0.313 e. The maximum absolute atomic E-state index is 14.4. The minimum Gasteiger partial charge on any atom is -0.465 e. The number of carbonyl (C=O) groups excluding carboxylic acids is 2. The van der Waals surface area contributed by atoms with E-state index >= 15 is 0 Å². The Kier molecular flexibility index (Phi) is 14.3. The quantitative estimate of drug-likeness (QED) is 0.0568. The van der Waals surface area contributed by atoms with Crippen LogP contribution in [-0.4, -0.2) is 90.9 Å². The molecule has 1 aromatic carbocycles.